The minimum absolute atomic E-state index is 0.112. The van der Waals surface area contributed by atoms with Crippen molar-refractivity contribution in [3.8, 4) is 0 Å². The number of hydrogen-bond acceptors (Lipinski definition) is 1. The van der Waals surface area contributed by atoms with Crippen molar-refractivity contribution < 1.29 is 5.11 Å². The van der Waals surface area contributed by atoms with E-state index in [9.17, 15) is 5.11 Å². The van der Waals surface area contributed by atoms with Crippen molar-refractivity contribution in [3.63, 3.8) is 0 Å². The normalized spacial score (nSPS) is 20.1. The van der Waals surface area contributed by atoms with Crippen molar-refractivity contribution in [2.45, 2.75) is 24.7 Å². The lowest BCUT2D eigenvalue weighted by Crippen LogP contribution is -2.37. The first-order valence-electron chi connectivity index (χ1n) is 4.54. The molecular weight excluding hydrogens is 148 g/mol. The van der Waals surface area contributed by atoms with Gasteiger partial charge in [0.15, 0.2) is 0 Å². The third-order valence-electron chi connectivity index (χ3n) is 3.00. The molecule has 0 bridgehead atoms. The highest BCUT2D eigenvalue weighted by Crippen LogP contribution is 2.42. The van der Waals surface area contributed by atoms with E-state index in [2.05, 4.69) is 12.1 Å². The zero-order chi connectivity index (χ0) is 8.44. The zero-order valence-corrected chi connectivity index (χ0v) is 7.16. The highest BCUT2D eigenvalue weighted by Gasteiger charge is 2.37. The quantitative estimate of drug-likeness (QED) is 0.706. The van der Waals surface area contributed by atoms with Gasteiger partial charge in [-0.2, -0.15) is 0 Å². The maximum Gasteiger partial charge on any atom is 0.0527 e. The molecule has 1 N–H and O–H groups in total. The molecule has 12 heavy (non-hydrogen) atoms. The number of benzene rings is 1. The molecule has 1 fully saturated rings. The molecule has 1 aliphatic carbocycles. The van der Waals surface area contributed by atoms with Gasteiger partial charge in [-0.1, -0.05) is 36.8 Å². The van der Waals surface area contributed by atoms with Crippen LogP contribution in [-0.2, 0) is 5.41 Å². The van der Waals surface area contributed by atoms with E-state index >= 15 is 0 Å². The standard InChI is InChI=1S/C11H14O/c12-9-11(7-4-8-11)10-5-2-1-3-6-10/h1-3,5-6,12H,4,7-9H2. The Kier molecular flexibility index (Phi) is 1.89. The van der Waals surface area contributed by atoms with Gasteiger partial charge in [0.25, 0.3) is 0 Å². The van der Waals surface area contributed by atoms with Crippen LogP contribution >= 0.6 is 0 Å². The van der Waals surface area contributed by atoms with Crippen LogP contribution < -0.4 is 0 Å². The molecule has 0 atom stereocenters. The molecule has 0 radical (unpaired) electrons. The SMILES string of the molecule is OCC1(c2ccccc2)CCC1. The van der Waals surface area contributed by atoms with Gasteiger partial charge in [0.1, 0.15) is 0 Å². The minimum Gasteiger partial charge on any atom is -0.395 e. The number of hydrogen-bond donors (Lipinski definition) is 1. The van der Waals surface area contributed by atoms with Gasteiger partial charge in [-0.15, -0.1) is 0 Å². The molecule has 1 aliphatic rings. The highest BCUT2D eigenvalue weighted by molar-refractivity contribution is 5.27. The summed E-state index contributed by atoms with van der Waals surface area (Å²) in [4.78, 5) is 0. The van der Waals surface area contributed by atoms with Gasteiger partial charge in [0.2, 0.25) is 0 Å². The highest BCUT2D eigenvalue weighted by atomic mass is 16.3. The first-order chi connectivity index (χ1) is 5.87. The van der Waals surface area contributed by atoms with E-state index in [1.807, 2.05) is 18.2 Å². The van der Waals surface area contributed by atoms with Crippen LogP contribution in [0.5, 0.6) is 0 Å². The largest absolute Gasteiger partial charge is 0.395 e. The molecule has 0 heterocycles. The lowest BCUT2D eigenvalue weighted by Gasteiger charge is -2.40. The van der Waals surface area contributed by atoms with Gasteiger partial charge in [-0.3, -0.25) is 0 Å². The van der Waals surface area contributed by atoms with Gasteiger partial charge in [0.05, 0.1) is 6.61 Å². The maximum atomic E-state index is 9.29. The van der Waals surface area contributed by atoms with Crippen molar-refractivity contribution in [1.82, 2.24) is 0 Å². The van der Waals surface area contributed by atoms with Gasteiger partial charge in [0, 0.05) is 5.41 Å². The van der Waals surface area contributed by atoms with E-state index in [1.54, 1.807) is 0 Å². The van der Waals surface area contributed by atoms with Crippen LogP contribution in [0.1, 0.15) is 24.8 Å². The van der Waals surface area contributed by atoms with E-state index in [1.165, 1.54) is 12.0 Å². The third kappa shape index (κ3) is 1.05. The van der Waals surface area contributed by atoms with Crippen LogP contribution in [0, 0.1) is 0 Å². The lowest BCUT2D eigenvalue weighted by molar-refractivity contribution is 0.120. The number of aliphatic hydroxyl groups is 1. The van der Waals surface area contributed by atoms with Crippen LogP contribution in [0.4, 0.5) is 0 Å². The van der Waals surface area contributed by atoms with E-state index < -0.39 is 0 Å². The van der Waals surface area contributed by atoms with Gasteiger partial charge >= 0.3 is 0 Å². The molecule has 0 amide bonds. The fourth-order valence-corrected chi connectivity index (χ4v) is 1.93. The summed E-state index contributed by atoms with van der Waals surface area (Å²) in [5.41, 5.74) is 1.42. The minimum atomic E-state index is 0.112. The van der Waals surface area contributed by atoms with E-state index in [-0.39, 0.29) is 5.41 Å². The first-order valence-corrected chi connectivity index (χ1v) is 4.54. The summed E-state index contributed by atoms with van der Waals surface area (Å²) in [7, 11) is 0. The second-order valence-electron chi connectivity index (χ2n) is 3.66. The maximum absolute atomic E-state index is 9.29. The lowest BCUT2D eigenvalue weighted by atomic mass is 9.65. The van der Waals surface area contributed by atoms with Crippen LogP contribution in [0.25, 0.3) is 0 Å². The van der Waals surface area contributed by atoms with Crippen molar-refractivity contribution in [2.24, 2.45) is 0 Å². The molecular formula is C11H14O. The van der Waals surface area contributed by atoms with Crippen molar-refractivity contribution in [3.05, 3.63) is 35.9 Å². The Morgan fingerprint density at radius 1 is 1.17 bits per heavy atom. The topological polar surface area (TPSA) is 20.2 Å². The predicted octanol–water partition coefficient (Wildman–Crippen LogP) is 2.10. The average Bonchev–Trinajstić information content (AvgIpc) is 2.05. The molecule has 2 rings (SSSR count). The summed E-state index contributed by atoms with van der Waals surface area (Å²) in [6, 6.07) is 10.4. The molecule has 0 spiro atoms. The summed E-state index contributed by atoms with van der Waals surface area (Å²) < 4.78 is 0. The fraction of sp³-hybridized carbons (Fsp3) is 0.455. The second kappa shape index (κ2) is 2.91. The molecule has 1 heteroatoms. The number of rotatable bonds is 2. The molecule has 0 unspecified atom stereocenters. The Morgan fingerprint density at radius 2 is 1.83 bits per heavy atom. The Hall–Kier alpha value is -0.820. The summed E-state index contributed by atoms with van der Waals surface area (Å²) in [6.07, 6.45) is 3.55. The van der Waals surface area contributed by atoms with Gasteiger partial charge in [-0.25, -0.2) is 0 Å². The van der Waals surface area contributed by atoms with Crippen LogP contribution in [0.2, 0.25) is 0 Å². The van der Waals surface area contributed by atoms with E-state index in [0.717, 1.165) is 12.8 Å². The molecule has 0 saturated heterocycles. The fourth-order valence-electron chi connectivity index (χ4n) is 1.93. The van der Waals surface area contributed by atoms with E-state index in [4.69, 9.17) is 0 Å². The van der Waals surface area contributed by atoms with Gasteiger partial charge < -0.3 is 5.11 Å². The monoisotopic (exact) mass is 162 g/mol. The van der Waals surface area contributed by atoms with E-state index in [0.29, 0.717) is 6.61 Å². The molecule has 1 nitrogen and oxygen atoms in total. The summed E-state index contributed by atoms with van der Waals surface area (Å²) in [5, 5.41) is 9.29. The Labute approximate surface area is 73.0 Å². The molecule has 1 saturated carbocycles. The summed E-state index contributed by atoms with van der Waals surface area (Å²) in [6.45, 7) is 0.303. The second-order valence-corrected chi connectivity index (χ2v) is 3.66. The zero-order valence-electron chi connectivity index (χ0n) is 7.16. The van der Waals surface area contributed by atoms with Crippen molar-refractivity contribution in [1.29, 1.82) is 0 Å². The Bertz CT molecular complexity index is 243. The van der Waals surface area contributed by atoms with Gasteiger partial charge in [-0.05, 0) is 18.4 Å². The van der Waals surface area contributed by atoms with Crippen LogP contribution in [0.15, 0.2) is 30.3 Å². The molecule has 0 aromatic heterocycles. The van der Waals surface area contributed by atoms with Crippen LogP contribution in [0.3, 0.4) is 0 Å². The Morgan fingerprint density at radius 3 is 2.25 bits per heavy atom. The summed E-state index contributed by atoms with van der Waals surface area (Å²) in [5.74, 6) is 0. The van der Waals surface area contributed by atoms with Crippen LogP contribution in [-0.4, -0.2) is 11.7 Å². The molecule has 0 aliphatic heterocycles. The van der Waals surface area contributed by atoms with Crippen molar-refractivity contribution >= 4 is 0 Å². The third-order valence-corrected chi connectivity index (χ3v) is 3.00. The molecule has 1 aromatic carbocycles. The first kappa shape index (κ1) is 7.81. The number of aliphatic hydroxyl groups excluding tert-OH is 1. The van der Waals surface area contributed by atoms with Crippen molar-refractivity contribution in [2.75, 3.05) is 6.61 Å². The molecule has 64 valence electrons. The molecule has 1 aromatic rings. The predicted molar refractivity (Wildman–Crippen MR) is 49.1 cm³/mol. The Balaban J connectivity index is 2.28. The summed E-state index contributed by atoms with van der Waals surface area (Å²) >= 11 is 0. The smallest absolute Gasteiger partial charge is 0.0527 e. The average molecular weight is 162 g/mol.